The summed E-state index contributed by atoms with van der Waals surface area (Å²) >= 11 is 3.57. The third-order valence-electron chi connectivity index (χ3n) is 5.96. The van der Waals surface area contributed by atoms with Crippen molar-refractivity contribution < 1.29 is 9.30 Å². The molecule has 0 aliphatic heterocycles. The Morgan fingerprint density at radius 3 is 2.52 bits per heavy atom. The van der Waals surface area contributed by atoms with E-state index in [0.29, 0.717) is 44.1 Å². The van der Waals surface area contributed by atoms with Gasteiger partial charge in [-0.25, -0.2) is 4.98 Å². The molecule has 0 saturated carbocycles. The predicted octanol–water partition coefficient (Wildman–Crippen LogP) is 5.29. The van der Waals surface area contributed by atoms with Crippen molar-refractivity contribution >= 4 is 87.6 Å². The lowest BCUT2D eigenvalue weighted by atomic mass is 10.1. The van der Waals surface area contributed by atoms with Crippen LogP contribution >= 0.6 is 31.0 Å². The molecular weight excluding hydrogens is 610 g/mol. The summed E-state index contributed by atoms with van der Waals surface area (Å²) in [7, 11) is 0.00753. The van der Waals surface area contributed by atoms with E-state index in [9.17, 15) is 4.57 Å². The fourth-order valence-electron chi connectivity index (χ4n) is 4.19. The molecule has 40 heavy (non-hydrogen) atoms. The second kappa shape index (κ2) is 12.4. The molecule has 2 aromatic carbocycles. The highest BCUT2D eigenvalue weighted by Gasteiger charge is 2.22. The number of nitrogens with one attached hydrogen (secondary N) is 2. The molecule has 0 amide bonds. The number of ether oxygens (including phenoxy) is 1. The second-order valence-corrected chi connectivity index (χ2v) is 15.6. The van der Waals surface area contributed by atoms with Gasteiger partial charge in [0.15, 0.2) is 0 Å². The number of hydrogen-bond donors (Lipinski definition) is 3. The maximum Gasteiger partial charge on any atom is 0.229 e. The van der Waals surface area contributed by atoms with Crippen LogP contribution in [-0.4, -0.2) is 67.0 Å². The average Bonchev–Trinajstić information content (AvgIpc) is 2.92. The first kappa shape index (κ1) is 29.6. The van der Waals surface area contributed by atoms with Gasteiger partial charge in [-0.15, -0.1) is 0 Å². The topological polar surface area (TPSA) is 140 Å². The number of aromatic nitrogens is 4. The molecule has 4 rings (SSSR count). The summed E-state index contributed by atoms with van der Waals surface area (Å²) in [5, 5.41) is 8.44. The highest BCUT2D eigenvalue weighted by Crippen LogP contribution is 2.42. The van der Waals surface area contributed by atoms with Crippen molar-refractivity contribution in [2.24, 2.45) is 10.7 Å². The van der Waals surface area contributed by atoms with E-state index in [4.69, 9.17) is 15.5 Å². The van der Waals surface area contributed by atoms with E-state index in [2.05, 4.69) is 59.8 Å². The summed E-state index contributed by atoms with van der Waals surface area (Å²) < 4.78 is 19.5. The van der Waals surface area contributed by atoms with E-state index < -0.39 is 15.1 Å². The van der Waals surface area contributed by atoms with E-state index in [1.165, 1.54) is 6.20 Å². The molecule has 2 heterocycles. The van der Waals surface area contributed by atoms with Crippen LogP contribution in [0.1, 0.15) is 5.56 Å². The minimum atomic E-state index is -2.69. The predicted molar refractivity (Wildman–Crippen MR) is 173 cm³/mol. The molecule has 0 spiro atoms. The molecule has 0 atom stereocenters. The Balaban J connectivity index is 1.77. The number of hydrogen-bond acceptors (Lipinski definition) is 10. The third-order valence-corrected chi connectivity index (χ3v) is 9.42. The van der Waals surface area contributed by atoms with Gasteiger partial charge >= 0.3 is 0 Å². The number of nitrogens with two attached hydrogens (primary N) is 1. The number of aliphatic imine (C=N–C) groups is 1. The molecular formula is C27H31BrN8O2P2. The highest BCUT2D eigenvalue weighted by atomic mass is 79.9. The first-order chi connectivity index (χ1) is 19.1. The van der Waals surface area contributed by atoms with Gasteiger partial charge in [-0.2, -0.15) is 4.98 Å². The fraction of sp³-hybridized carbons (Fsp3) is 0.222. The number of fused-ring (bicyclic) bond motifs is 1. The van der Waals surface area contributed by atoms with E-state index in [1.807, 2.05) is 18.2 Å². The number of rotatable bonds is 9. The molecule has 2 aromatic heterocycles. The van der Waals surface area contributed by atoms with E-state index in [-0.39, 0.29) is 0 Å². The van der Waals surface area contributed by atoms with E-state index in [0.717, 1.165) is 22.0 Å². The lowest BCUT2D eigenvalue weighted by Gasteiger charge is -2.20. The molecule has 208 valence electrons. The zero-order chi connectivity index (χ0) is 29.0. The third kappa shape index (κ3) is 6.33. The van der Waals surface area contributed by atoms with Crippen LogP contribution in [0, 0.1) is 0 Å². The molecule has 0 aliphatic rings. The quantitative estimate of drug-likeness (QED) is 0.164. The average molecular weight is 641 g/mol. The molecule has 13 heteroatoms. The Kier molecular flexibility index (Phi) is 9.19. The number of anilines is 4. The normalized spacial score (nSPS) is 12.3. The zero-order valence-electron chi connectivity index (χ0n) is 23.1. The Morgan fingerprint density at radius 2 is 1.88 bits per heavy atom. The van der Waals surface area contributed by atoms with Crippen molar-refractivity contribution in [3.05, 3.63) is 59.1 Å². The van der Waals surface area contributed by atoms with E-state index in [1.54, 1.807) is 58.4 Å². The maximum atomic E-state index is 13.2. The second-order valence-electron chi connectivity index (χ2n) is 9.35. The number of benzene rings is 2. The van der Waals surface area contributed by atoms with Crippen LogP contribution in [0.15, 0.2) is 58.5 Å². The van der Waals surface area contributed by atoms with Gasteiger partial charge in [0, 0.05) is 59.9 Å². The number of methoxy groups -OCH3 is 1. The fourth-order valence-corrected chi connectivity index (χ4v) is 6.89. The smallest absolute Gasteiger partial charge is 0.229 e. The van der Waals surface area contributed by atoms with Crippen LogP contribution in [0.2, 0.25) is 0 Å². The van der Waals surface area contributed by atoms with Gasteiger partial charge in [0.2, 0.25) is 5.95 Å². The lowest BCUT2D eigenvalue weighted by Crippen LogP contribution is -2.14. The first-order valence-electron chi connectivity index (χ1n) is 12.2. The van der Waals surface area contributed by atoms with Gasteiger partial charge in [-0.3, -0.25) is 15.0 Å². The van der Waals surface area contributed by atoms with Crippen LogP contribution in [0.5, 0.6) is 5.75 Å². The van der Waals surface area contributed by atoms with Gasteiger partial charge < -0.3 is 25.7 Å². The molecule has 0 unspecified atom stereocenters. The SMILES string of the molecule is CN=CC(=CN)c1cc(Nc2ncc(Br)c(Nc3ccc4nccnc4c3P(C)C)n2)c(OC)cc1P(C)(C)=O. The standard InChI is InChI=1S/C27H31BrN8O2P2/c1-30-14-16(13-29)17-11-21(22(38-2)12-23(17)40(5,6)37)35-27-33-15-18(28)26(36-27)34-20-8-7-19-24(25(20)39(3)4)32-10-9-31-19/h7-15H,29H2,1-6H3,(H2,33,34,35,36). The Morgan fingerprint density at radius 1 is 1.12 bits per heavy atom. The molecule has 0 bridgehead atoms. The monoisotopic (exact) mass is 640 g/mol. The van der Waals surface area contributed by atoms with Crippen molar-refractivity contribution in [3.8, 4) is 5.75 Å². The van der Waals surface area contributed by atoms with Crippen LogP contribution in [0.3, 0.4) is 0 Å². The summed E-state index contributed by atoms with van der Waals surface area (Å²) in [5.74, 6) is 1.40. The number of allylic oxidation sites excluding steroid dienone is 1. The Labute approximate surface area is 243 Å². The van der Waals surface area contributed by atoms with Gasteiger partial charge in [0.05, 0.1) is 28.3 Å². The van der Waals surface area contributed by atoms with Gasteiger partial charge in [-0.1, -0.05) is 7.92 Å². The largest absolute Gasteiger partial charge is 0.495 e. The van der Waals surface area contributed by atoms with Gasteiger partial charge in [0.25, 0.3) is 0 Å². The van der Waals surface area contributed by atoms with Crippen molar-refractivity contribution in [3.63, 3.8) is 0 Å². The molecule has 4 aromatic rings. The molecule has 4 N–H and O–H groups in total. The molecule has 0 aliphatic carbocycles. The van der Waals surface area contributed by atoms with Gasteiger partial charge in [0.1, 0.15) is 18.7 Å². The minimum Gasteiger partial charge on any atom is -0.495 e. The van der Waals surface area contributed by atoms with E-state index >= 15 is 0 Å². The summed E-state index contributed by atoms with van der Waals surface area (Å²) in [5.41, 5.74) is 10.4. The summed E-state index contributed by atoms with van der Waals surface area (Å²) in [6.45, 7) is 7.77. The summed E-state index contributed by atoms with van der Waals surface area (Å²) in [6, 6.07) is 7.52. The zero-order valence-corrected chi connectivity index (χ0v) is 26.5. The van der Waals surface area contributed by atoms with Crippen molar-refractivity contribution in [2.45, 2.75) is 0 Å². The summed E-state index contributed by atoms with van der Waals surface area (Å²) in [4.78, 5) is 22.3. The van der Waals surface area contributed by atoms with Crippen LogP contribution in [-0.2, 0) is 4.57 Å². The Bertz CT molecular complexity index is 1670. The van der Waals surface area contributed by atoms with Crippen LogP contribution in [0.25, 0.3) is 16.6 Å². The van der Waals surface area contributed by atoms with Crippen LogP contribution < -0.4 is 31.7 Å². The lowest BCUT2D eigenvalue weighted by molar-refractivity contribution is 0.417. The van der Waals surface area contributed by atoms with Gasteiger partial charge in [-0.05, 0) is 72.4 Å². The first-order valence-corrected chi connectivity index (χ1v) is 17.8. The van der Waals surface area contributed by atoms with Crippen molar-refractivity contribution in [1.29, 1.82) is 0 Å². The van der Waals surface area contributed by atoms with Crippen molar-refractivity contribution in [1.82, 2.24) is 19.9 Å². The molecule has 0 fully saturated rings. The Hall–Kier alpha value is -3.39. The minimum absolute atomic E-state index is 0.332. The molecule has 0 radical (unpaired) electrons. The highest BCUT2D eigenvalue weighted by molar-refractivity contribution is 9.10. The molecule has 0 saturated heterocycles. The van der Waals surface area contributed by atoms with Crippen molar-refractivity contribution in [2.75, 3.05) is 51.5 Å². The maximum absolute atomic E-state index is 13.2. The van der Waals surface area contributed by atoms with Crippen LogP contribution in [0.4, 0.5) is 23.1 Å². The summed E-state index contributed by atoms with van der Waals surface area (Å²) in [6.07, 6.45) is 8.14. The molecule has 10 nitrogen and oxygen atoms in total. The number of halogens is 1. The number of nitrogens with zero attached hydrogens (tertiary/aromatic N) is 5.